The van der Waals surface area contributed by atoms with Crippen LogP contribution in [0.4, 0.5) is 5.69 Å². The van der Waals surface area contributed by atoms with Gasteiger partial charge in [-0.2, -0.15) is 0 Å². The van der Waals surface area contributed by atoms with E-state index in [-0.39, 0.29) is 5.69 Å². The number of unbranched alkanes of at least 4 members (excludes halogenated alkanes) is 2. The smallest absolute Gasteiger partial charge is 0.271 e. The molecule has 0 saturated heterocycles. The van der Waals surface area contributed by atoms with Crippen molar-refractivity contribution < 1.29 is 14.4 Å². The number of benzene rings is 2. The monoisotopic (exact) mass is 369 g/mol. The van der Waals surface area contributed by atoms with Crippen LogP contribution >= 0.6 is 0 Å². The molecule has 7 nitrogen and oxygen atoms in total. The summed E-state index contributed by atoms with van der Waals surface area (Å²) in [6.45, 7) is 5.26. The number of nitro groups is 1. The second kappa shape index (κ2) is 8.53. The van der Waals surface area contributed by atoms with E-state index in [1.54, 1.807) is 6.07 Å². The zero-order chi connectivity index (χ0) is 19.2. The van der Waals surface area contributed by atoms with Crippen LogP contribution in [0.15, 0.2) is 36.4 Å². The lowest BCUT2D eigenvalue weighted by atomic mass is 10.2. The predicted octanol–water partition coefficient (Wildman–Crippen LogP) is 5.11. The van der Waals surface area contributed by atoms with Gasteiger partial charge in [0, 0.05) is 17.7 Å². The van der Waals surface area contributed by atoms with E-state index >= 15 is 0 Å². The first-order chi connectivity index (χ1) is 13.1. The minimum atomic E-state index is -0.419. The van der Waals surface area contributed by atoms with Crippen molar-refractivity contribution in [1.29, 1.82) is 0 Å². The number of rotatable bonds is 9. The van der Waals surface area contributed by atoms with Gasteiger partial charge in [0.05, 0.1) is 29.2 Å². The molecular weight excluding hydrogens is 346 g/mol. The van der Waals surface area contributed by atoms with E-state index in [2.05, 4.69) is 16.9 Å². The second-order valence-corrected chi connectivity index (χ2v) is 6.19. The summed E-state index contributed by atoms with van der Waals surface area (Å²) >= 11 is 0. The maximum absolute atomic E-state index is 10.9. The first-order valence-electron chi connectivity index (χ1n) is 9.16. The summed E-state index contributed by atoms with van der Waals surface area (Å²) in [7, 11) is 0. The van der Waals surface area contributed by atoms with E-state index in [0.29, 0.717) is 41.6 Å². The highest BCUT2D eigenvalue weighted by Gasteiger charge is 2.13. The zero-order valence-corrected chi connectivity index (χ0v) is 15.5. The third-order valence-electron chi connectivity index (χ3n) is 4.20. The standard InChI is InChI=1S/C20H23N3O4/c1-3-5-6-11-27-18-10-7-14(12-19(18)26-4-2)20-21-16-9-8-15(23(24)25)13-17(16)22-20/h7-10,12-13H,3-6,11H2,1-2H3,(H,21,22). The number of fused-ring (bicyclic) bond motifs is 1. The van der Waals surface area contributed by atoms with Crippen LogP contribution in [-0.4, -0.2) is 28.1 Å². The molecule has 3 aromatic rings. The van der Waals surface area contributed by atoms with Crippen LogP contribution in [-0.2, 0) is 0 Å². The number of aromatic nitrogens is 2. The number of aromatic amines is 1. The van der Waals surface area contributed by atoms with E-state index in [0.717, 1.165) is 24.8 Å². The van der Waals surface area contributed by atoms with E-state index in [4.69, 9.17) is 9.47 Å². The summed E-state index contributed by atoms with van der Waals surface area (Å²) < 4.78 is 11.6. The average molecular weight is 369 g/mol. The molecule has 0 saturated carbocycles. The minimum absolute atomic E-state index is 0.0310. The van der Waals surface area contributed by atoms with Gasteiger partial charge in [-0.3, -0.25) is 10.1 Å². The lowest BCUT2D eigenvalue weighted by molar-refractivity contribution is -0.384. The number of nitro benzene ring substituents is 1. The molecule has 0 amide bonds. The van der Waals surface area contributed by atoms with E-state index < -0.39 is 4.92 Å². The van der Waals surface area contributed by atoms with Crippen LogP contribution in [0.3, 0.4) is 0 Å². The number of ether oxygens (including phenoxy) is 2. The Morgan fingerprint density at radius 2 is 1.93 bits per heavy atom. The molecule has 142 valence electrons. The van der Waals surface area contributed by atoms with E-state index in [9.17, 15) is 10.1 Å². The lowest BCUT2D eigenvalue weighted by Crippen LogP contribution is -2.01. The van der Waals surface area contributed by atoms with Crippen molar-refractivity contribution in [1.82, 2.24) is 9.97 Å². The number of non-ortho nitro benzene ring substituents is 1. The summed E-state index contributed by atoms with van der Waals surface area (Å²) in [5.74, 6) is 2.00. The SMILES string of the molecule is CCCCCOc1ccc(-c2nc3ccc([N+](=O)[O-])cc3[nH]2)cc1OCC. The van der Waals surface area contributed by atoms with Crippen molar-refractivity contribution in [2.75, 3.05) is 13.2 Å². The fraction of sp³-hybridized carbons (Fsp3) is 0.350. The Bertz CT molecular complexity index is 936. The van der Waals surface area contributed by atoms with Gasteiger partial charge in [-0.05, 0) is 37.6 Å². The van der Waals surface area contributed by atoms with Gasteiger partial charge in [0.2, 0.25) is 0 Å². The number of nitrogens with zero attached hydrogens (tertiary/aromatic N) is 2. The molecule has 1 N–H and O–H groups in total. The van der Waals surface area contributed by atoms with Crippen LogP contribution in [0.5, 0.6) is 11.5 Å². The number of hydrogen-bond acceptors (Lipinski definition) is 5. The number of hydrogen-bond donors (Lipinski definition) is 1. The molecule has 0 aliphatic carbocycles. The molecular formula is C20H23N3O4. The number of imidazole rings is 1. The summed E-state index contributed by atoms with van der Waals surface area (Å²) in [4.78, 5) is 18.2. The normalized spacial score (nSPS) is 10.9. The number of H-pyrrole nitrogens is 1. The van der Waals surface area contributed by atoms with Gasteiger partial charge >= 0.3 is 0 Å². The molecule has 0 aliphatic heterocycles. The van der Waals surface area contributed by atoms with E-state index in [1.165, 1.54) is 12.1 Å². The fourth-order valence-corrected chi connectivity index (χ4v) is 2.82. The summed E-state index contributed by atoms with van der Waals surface area (Å²) in [6, 6.07) is 10.2. The van der Waals surface area contributed by atoms with E-state index in [1.807, 2.05) is 25.1 Å². The van der Waals surface area contributed by atoms with Gasteiger partial charge in [0.1, 0.15) is 5.82 Å². The molecule has 1 heterocycles. The predicted molar refractivity (Wildman–Crippen MR) is 104 cm³/mol. The Morgan fingerprint density at radius 1 is 1.07 bits per heavy atom. The number of nitrogens with one attached hydrogen (secondary N) is 1. The maximum Gasteiger partial charge on any atom is 0.271 e. The highest BCUT2D eigenvalue weighted by molar-refractivity contribution is 5.81. The molecule has 0 atom stereocenters. The Kier molecular flexibility index (Phi) is 5.90. The summed E-state index contributed by atoms with van der Waals surface area (Å²) in [6.07, 6.45) is 3.28. The Labute approximate surface area is 157 Å². The summed E-state index contributed by atoms with van der Waals surface area (Å²) in [5, 5.41) is 10.9. The van der Waals surface area contributed by atoms with Gasteiger partial charge in [0.15, 0.2) is 11.5 Å². The van der Waals surface area contributed by atoms with Crippen molar-refractivity contribution in [3.8, 4) is 22.9 Å². The largest absolute Gasteiger partial charge is 0.490 e. The highest BCUT2D eigenvalue weighted by Crippen LogP contribution is 2.33. The van der Waals surface area contributed by atoms with Gasteiger partial charge in [-0.25, -0.2) is 4.98 Å². The molecule has 0 radical (unpaired) electrons. The molecule has 1 aromatic heterocycles. The van der Waals surface area contributed by atoms with Gasteiger partial charge in [-0.15, -0.1) is 0 Å². The molecule has 3 rings (SSSR count). The highest BCUT2D eigenvalue weighted by atomic mass is 16.6. The van der Waals surface area contributed by atoms with Gasteiger partial charge < -0.3 is 14.5 Å². The molecule has 0 spiro atoms. The van der Waals surface area contributed by atoms with Crippen molar-refractivity contribution in [3.63, 3.8) is 0 Å². The van der Waals surface area contributed by atoms with Crippen molar-refractivity contribution in [2.24, 2.45) is 0 Å². The average Bonchev–Trinajstić information content (AvgIpc) is 3.09. The van der Waals surface area contributed by atoms with Crippen molar-refractivity contribution >= 4 is 16.7 Å². The van der Waals surface area contributed by atoms with Gasteiger partial charge in [0.25, 0.3) is 5.69 Å². The second-order valence-electron chi connectivity index (χ2n) is 6.19. The quantitative estimate of drug-likeness (QED) is 0.322. The Balaban J connectivity index is 1.88. The maximum atomic E-state index is 10.9. The van der Waals surface area contributed by atoms with Gasteiger partial charge in [-0.1, -0.05) is 19.8 Å². The van der Waals surface area contributed by atoms with Crippen LogP contribution in [0, 0.1) is 10.1 Å². The van der Waals surface area contributed by atoms with Crippen LogP contribution in [0.1, 0.15) is 33.1 Å². The Morgan fingerprint density at radius 3 is 2.67 bits per heavy atom. The van der Waals surface area contributed by atoms with Crippen molar-refractivity contribution in [2.45, 2.75) is 33.1 Å². The summed E-state index contributed by atoms with van der Waals surface area (Å²) in [5.41, 5.74) is 2.16. The molecule has 2 aromatic carbocycles. The molecule has 0 aliphatic rings. The zero-order valence-electron chi connectivity index (χ0n) is 15.5. The topological polar surface area (TPSA) is 90.3 Å². The first-order valence-corrected chi connectivity index (χ1v) is 9.16. The molecule has 0 fully saturated rings. The molecule has 27 heavy (non-hydrogen) atoms. The van der Waals surface area contributed by atoms with Crippen LogP contribution in [0.2, 0.25) is 0 Å². The van der Waals surface area contributed by atoms with Crippen LogP contribution in [0.25, 0.3) is 22.4 Å². The minimum Gasteiger partial charge on any atom is -0.490 e. The van der Waals surface area contributed by atoms with Crippen LogP contribution < -0.4 is 9.47 Å². The Hall–Kier alpha value is -3.09. The first kappa shape index (κ1) is 18.7. The third kappa shape index (κ3) is 4.36. The fourth-order valence-electron chi connectivity index (χ4n) is 2.82. The molecule has 0 bridgehead atoms. The lowest BCUT2D eigenvalue weighted by Gasteiger charge is -2.12. The molecule has 0 unspecified atom stereocenters. The van der Waals surface area contributed by atoms with Crippen molar-refractivity contribution in [3.05, 3.63) is 46.5 Å². The molecule has 7 heteroatoms. The third-order valence-corrected chi connectivity index (χ3v) is 4.20.